The van der Waals surface area contributed by atoms with E-state index in [4.69, 9.17) is 11.6 Å². The van der Waals surface area contributed by atoms with Crippen LogP contribution < -0.4 is 5.32 Å². The van der Waals surface area contributed by atoms with Gasteiger partial charge in [-0.15, -0.1) is 6.58 Å². The first-order chi connectivity index (χ1) is 8.97. The van der Waals surface area contributed by atoms with Crippen LogP contribution in [0, 0.1) is 5.82 Å². The second-order valence-corrected chi connectivity index (χ2v) is 4.67. The molecule has 0 radical (unpaired) electrons. The third-order valence-electron chi connectivity index (χ3n) is 2.73. The molecule has 1 rings (SSSR count). The van der Waals surface area contributed by atoms with Gasteiger partial charge in [-0.1, -0.05) is 23.7 Å². The number of carbonyl (C=O) groups excluding carboxylic acids is 1. The van der Waals surface area contributed by atoms with E-state index in [1.54, 1.807) is 13.0 Å². The second-order valence-electron chi connectivity index (χ2n) is 4.26. The molecule has 2 unspecified atom stereocenters. The monoisotopic (exact) mass is 285 g/mol. The quantitative estimate of drug-likeness (QED) is 0.790. The van der Waals surface area contributed by atoms with Crippen molar-refractivity contribution in [3.05, 3.63) is 47.3 Å². The molecule has 0 aromatic heterocycles. The van der Waals surface area contributed by atoms with Crippen LogP contribution in [0.15, 0.2) is 30.9 Å². The Balaban J connectivity index is 2.74. The fraction of sp³-hybridized carbons (Fsp3) is 0.357. The fourth-order valence-electron chi connectivity index (χ4n) is 1.68. The third-order valence-corrected chi connectivity index (χ3v) is 3.06. The van der Waals surface area contributed by atoms with Gasteiger partial charge in [0.15, 0.2) is 0 Å². The summed E-state index contributed by atoms with van der Waals surface area (Å²) in [5.74, 6) is -0.814. The van der Waals surface area contributed by atoms with E-state index in [9.17, 15) is 14.3 Å². The molecule has 0 saturated heterocycles. The number of halogens is 2. The molecule has 3 nitrogen and oxygen atoms in total. The Labute approximate surface area is 117 Å². The second kappa shape index (κ2) is 7.26. The molecule has 1 amide bonds. The number of hydrogen-bond donors (Lipinski definition) is 2. The Bertz CT molecular complexity index is 445. The highest BCUT2D eigenvalue weighted by Crippen LogP contribution is 2.27. The molecule has 0 spiro atoms. The lowest BCUT2D eigenvalue weighted by molar-refractivity contribution is -0.122. The molecule has 0 saturated carbocycles. The van der Waals surface area contributed by atoms with Crippen LogP contribution in [0.2, 0.25) is 5.02 Å². The van der Waals surface area contributed by atoms with Crippen molar-refractivity contribution < 1.29 is 14.3 Å². The Morgan fingerprint density at radius 3 is 2.89 bits per heavy atom. The van der Waals surface area contributed by atoms with E-state index < -0.39 is 18.0 Å². The molecule has 0 aliphatic carbocycles. The van der Waals surface area contributed by atoms with Crippen molar-refractivity contribution in [2.75, 3.05) is 0 Å². The number of hydrogen-bond acceptors (Lipinski definition) is 2. The van der Waals surface area contributed by atoms with Crippen LogP contribution in [-0.2, 0) is 4.79 Å². The van der Waals surface area contributed by atoms with Crippen LogP contribution >= 0.6 is 11.6 Å². The van der Waals surface area contributed by atoms with E-state index in [1.807, 2.05) is 0 Å². The van der Waals surface area contributed by atoms with Gasteiger partial charge in [0.05, 0.1) is 6.04 Å². The number of allylic oxidation sites excluding steroid dienone is 1. The van der Waals surface area contributed by atoms with Crippen LogP contribution in [0.3, 0.4) is 0 Å². The normalized spacial score (nSPS) is 13.7. The average Bonchev–Trinajstić information content (AvgIpc) is 2.35. The summed E-state index contributed by atoms with van der Waals surface area (Å²) in [4.78, 5) is 11.5. The summed E-state index contributed by atoms with van der Waals surface area (Å²) in [6.45, 7) is 5.12. The lowest BCUT2D eigenvalue weighted by Crippen LogP contribution is -2.37. The van der Waals surface area contributed by atoms with Crippen molar-refractivity contribution in [1.82, 2.24) is 5.32 Å². The number of amides is 1. The molecule has 104 valence electrons. The number of nitrogens with one attached hydrogen (secondary N) is 1. The molecule has 1 aromatic rings. The minimum atomic E-state index is -1.19. The zero-order valence-corrected chi connectivity index (χ0v) is 11.5. The molecular formula is C14H17ClFNO2. The minimum Gasteiger partial charge on any atom is -0.386 e. The van der Waals surface area contributed by atoms with Gasteiger partial charge >= 0.3 is 0 Å². The van der Waals surface area contributed by atoms with Gasteiger partial charge in [-0.05, 0) is 25.5 Å². The first-order valence-electron chi connectivity index (χ1n) is 5.99. The van der Waals surface area contributed by atoms with Crippen LogP contribution in [0.5, 0.6) is 0 Å². The van der Waals surface area contributed by atoms with Crippen LogP contribution in [0.1, 0.15) is 31.4 Å². The highest BCUT2D eigenvalue weighted by atomic mass is 35.5. The summed E-state index contributed by atoms with van der Waals surface area (Å²) in [6.07, 6.45) is 1.27. The predicted octanol–water partition coefficient (Wildman–Crippen LogP) is 2.98. The van der Waals surface area contributed by atoms with Crippen molar-refractivity contribution in [1.29, 1.82) is 0 Å². The maximum atomic E-state index is 13.6. The SMILES string of the molecule is C=CCCC(=O)NC(C)C(O)c1c(F)cccc1Cl. The van der Waals surface area contributed by atoms with Gasteiger partial charge in [0, 0.05) is 17.0 Å². The van der Waals surface area contributed by atoms with Gasteiger partial charge < -0.3 is 10.4 Å². The molecule has 1 aromatic carbocycles. The number of aliphatic hydroxyl groups excluding tert-OH is 1. The van der Waals surface area contributed by atoms with Crippen molar-refractivity contribution in [3.63, 3.8) is 0 Å². The van der Waals surface area contributed by atoms with Gasteiger partial charge in [-0.3, -0.25) is 4.79 Å². The molecular weight excluding hydrogens is 269 g/mol. The van der Waals surface area contributed by atoms with Crippen LogP contribution in [0.4, 0.5) is 4.39 Å². The fourth-order valence-corrected chi connectivity index (χ4v) is 1.96. The van der Waals surface area contributed by atoms with E-state index >= 15 is 0 Å². The van der Waals surface area contributed by atoms with Crippen molar-refractivity contribution >= 4 is 17.5 Å². The average molecular weight is 286 g/mol. The largest absolute Gasteiger partial charge is 0.386 e. The number of benzene rings is 1. The van der Waals surface area contributed by atoms with E-state index in [-0.39, 0.29) is 22.9 Å². The Morgan fingerprint density at radius 1 is 1.63 bits per heavy atom. The molecule has 0 bridgehead atoms. The molecule has 0 fully saturated rings. The van der Waals surface area contributed by atoms with Crippen molar-refractivity contribution in [2.24, 2.45) is 0 Å². The van der Waals surface area contributed by atoms with Gasteiger partial charge in [0.25, 0.3) is 0 Å². The van der Waals surface area contributed by atoms with E-state index in [0.29, 0.717) is 6.42 Å². The van der Waals surface area contributed by atoms with Crippen LogP contribution in [0.25, 0.3) is 0 Å². The van der Waals surface area contributed by atoms with Crippen molar-refractivity contribution in [3.8, 4) is 0 Å². The predicted molar refractivity (Wildman–Crippen MR) is 73.4 cm³/mol. The summed E-state index contributed by atoms with van der Waals surface area (Å²) in [5.41, 5.74) is 0.000636. The highest BCUT2D eigenvalue weighted by Gasteiger charge is 2.23. The van der Waals surface area contributed by atoms with Gasteiger partial charge in [0.2, 0.25) is 5.91 Å². The number of carbonyl (C=O) groups is 1. The first-order valence-corrected chi connectivity index (χ1v) is 6.37. The number of rotatable bonds is 6. The Kier molecular flexibility index (Phi) is 5.99. The molecule has 2 N–H and O–H groups in total. The zero-order chi connectivity index (χ0) is 14.4. The maximum absolute atomic E-state index is 13.6. The standard InChI is InChI=1S/C14H17ClFNO2/c1-3-4-8-12(18)17-9(2)14(19)13-10(15)6-5-7-11(13)16/h3,5-7,9,14,19H,1,4,8H2,2H3,(H,17,18). The first kappa shape index (κ1) is 15.7. The topological polar surface area (TPSA) is 49.3 Å². The van der Waals surface area contributed by atoms with E-state index in [1.165, 1.54) is 18.2 Å². The van der Waals surface area contributed by atoms with Crippen LogP contribution in [-0.4, -0.2) is 17.1 Å². The van der Waals surface area contributed by atoms with Gasteiger partial charge in [-0.25, -0.2) is 4.39 Å². The smallest absolute Gasteiger partial charge is 0.220 e. The molecule has 2 atom stereocenters. The molecule has 5 heteroatoms. The van der Waals surface area contributed by atoms with Gasteiger partial charge in [0.1, 0.15) is 11.9 Å². The molecule has 0 aliphatic heterocycles. The lowest BCUT2D eigenvalue weighted by Gasteiger charge is -2.21. The summed E-state index contributed by atoms with van der Waals surface area (Å²) >= 11 is 5.86. The van der Waals surface area contributed by atoms with Gasteiger partial charge in [-0.2, -0.15) is 0 Å². The maximum Gasteiger partial charge on any atom is 0.220 e. The Hall–Kier alpha value is -1.39. The number of aliphatic hydroxyl groups is 1. The molecule has 0 heterocycles. The van der Waals surface area contributed by atoms with E-state index in [0.717, 1.165) is 0 Å². The lowest BCUT2D eigenvalue weighted by atomic mass is 10.0. The van der Waals surface area contributed by atoms with E-state index in [2.05, 4.69) is 11.9 Å². The summed E-state index contributed by atoms with van der Waals surface area (Å²) in [7, 11) is 0. The third kappa shape index (κ3) is 4.33. The minimum absolute atomic E-state index is 0.000636. The summed E-state index contributed by atoms with van der Waals surface area (Å²) < 4.78 is 13.6. The van der Waals surface area contributed by atoms with Crippen molar-refractivity contribution in [2.45, 2.75) is 31.9 Å². The summed E-state index contributed by atoms with van der Waals surface area (Å²) in [6, 6.07) is 3.54. The molecule has 19 heavy (non-hydrogen) atoms. The Morgan fingerprint density at radius 2 is 2.32 bits per heavy atom. The highest BCUT2D eigenvalue weighted by molar-refractivity contribution is 6.31. The summed E-state index contributed by atoms with van der Waals surface area (Å²) in [5, 5.41) is 12.8. The zero-order valence-electron chi connectivity index (χ0n) is 10.7. The molecule has 0 aliphatic rings.